The molecule has 0 saturated carbocycles. The quantitative estimate of drug-likeness (QED) is 0.398. The summed E-state index contributed by atoms with van der Waals surface area (Å²) in [5, 5.41) is 1.06. The summed E-state index contributed by atoms with van der Waals surface area (Å²) in [6.45, 7) is 15.9. The summed E-state index contributed by atoms with van der Waals surface area (Å²) in [6.07, 6.45) is 4.15. The third-order valence-corrected chi connectivity index (χ3v) is 8.59. The Morgan fingerprint density at radius 3 is 2.26 bits per heavy atom. The lowest BCUT2D eigenvalue weighted by atomic mass is 9.82. The van der Waals surface area contributed by atoms with E-state index in [1.165, 1.54) is 0 Å². The molecule has 2 amide bonds. The number of rotatable bonds is 5. The number of carbonyl (C=O) groups is 2. The first kappa shape index (κ1) is 31.4. The van der Waals surface area contributed by atoms with Gasteiger partial charge in [0.15, 0.2) is 0 Å². The fourth-order valence-corrected chi connectivity index (χ4v) is 5.99. The predicted octanol–water partition coefficient (Wildman–Crippen LogP) is 6.71. The summed E-state index contributed by atoms with van der Waals surface area (Å²) in [5.41, 5.74) is 1.89. The molecule has 2 aliphatic rings. The molecule has 2 aliphatic heterocycles. The fourth-order valence-electron chi connectivity index (χ4n) is 5.68. The van der Waals surface area contributed by atoms with Gasteiger partial charge in [-0.3, -0.25) is 19.5 Å². The molecule has 2 fully saturated rings. The van der Waals surface area contributed by atoms with Crippen LogP contribution in [0.4, 0.5) is 0 Å². The number of halogens is 2. The third kappa shape index (κ3) is 7.96. The first-order chi connectivity index (χ1) is 18.5. The number of carbonyl (C=O) groups excluding carboxylic acids is 2. The number of piperidine rings is 1. The van der Waals surface area contributed by atoms with Crippen molar-refractivity contribution in [3.05, 3.63) is 63.9 Å². The van der Waals surface area contributed by atoms with Crippen LogP contribution in [-0.4, -0.2) is 70.3 Å². The van der Waals surface area contributed by atoms with Crippen LogP contribution in [0.1, 0.15) is 78.1 Å². The van der Waals surface area contributed by atoms with Crippen LogP contribution in [0, 0.1) is 11.3 Å². The summed E-state index contributed by atoms with van der Waals surface area (Å²) in [6, 6.07) is 11.7. The maximum absolute atomic E-state index is 13.6. The number of pyridine rings is 1. The van der Waals surface area contributed by atoms with E-state index in [1.54, 1.807) is 6.92 Å². The lowest BCUT2D eigenvalue weighted by Crippen LogP contribution is -2.60. The fraction of sp³-hybridized carbons (Fsp3) is 0.581. The van der Waals surface area contributed by atoms with Gasteiger partial charge < -0.3 is 9.80 Å². The van der Waals surface area contributed by atoms with Gasteiger partial charge in [0.1, 0.15) is 0 Å². The Kier molecular flexibility index (Phi) is 11.2. The average Bonchev–Trinajstić information content (AvgIpc) is 2.92. The zero-order valence-corrected chi connectivity index (χ0v) is 25.8. The maximum Gasteiger partial charge on any atom is 0.223 e. The second-order valence-corrected chi connectivity index (χ2v) is 12.3. The molecule has 214 valence electrons. The van der Waals surface area contributed by atoms with Crippen LogP contribution in [0.2, 0.25) is 10.0 Å². The molecule has 0 bridgehead atoms. The van der Waals surface area contributed by atoms with E-state index in [4.69, 9.17) is 28.2 Å². The molecule has 2 saturated heterocycles. The van der Waals surface area contributed by atoms with E-state index in [9.17, 15) is 9.59 Å². The number of piperazine rings is 1. The van der Waals surface area contributed by atoms with Gasteiger partial charge in [-0.2, -0.15) is 0 Å². The molecule has 2 atom stereocenters. The minimum atomic E-state index is -0.0986. The van der Waals surface area contributed by atoms with Crippen LogP contribution in [-0.2, 0) is 9.59 Å². The van der Waals surface area contributed by atoms with Crippen molar-refractivity contribution in [1.29, 1.82) is 0 Å². The van der Waals surface area contributed by atoms with Crippen molar-refractivity contribution in [2.24, 2.45) is 11.3 Å². The van der Waals surface area contributed by atoms with E-state index in [-0.39, 0.29) is 29.3 Å². The molecule has 2 aromatic rings. The lowest BCUT2D eigenvalue weighted by Gasteiger charge is -2.49. The Labute approximate surface area is 244 Å². The van der Waals surface area contributed by atoms with Gasteiger partial charge in [-0.1, -0.05) is 70.0 Å². The minimum Gasteiger partial charge on any atom is -0.343 e. The van der Waals surface area contributed by atoms with Crippen LogP contribution in [0.5, 0.6) is 0 Å². The number of amides is 2. The smallest absolute Gasteiger partial charge is 0.223 e. The Morgan fingerprint density at radius 2 is 1.69 bits per heavy atom. The first-order valence-electron chi connectivity index (χ1n) is 14.2. The van der Waals surface area contributed by atoms with Crippen LogP contribution >= 0.6 is 23.2 Å². The van der Waals surface area contributed by atoms with Crippen molar-refractivity contribution in [2.75, 3.05) is 32.7 Å². The summed E-state index contributed by atoms with van der Waals surface area (Å²) >= 11 is 12.7. The van der Waals surface area contributed by atoms with Gasteiger partial charge in [0, 0.05) is 58.3 Å². The summed E-state index contributed by atoms with van der Waals surface area (Å²) in [7, 11) is 0. The highest BCUT2D eigenvalue weighted by Gasteiger charge is 2.41. The van der Waals surface area contributed by atoms with Crippen molar-refractivity contribution in [1.82, 2.24) is 19.7 Å². The van der Waals surface area contributed by atoms with Crippen molar-refractivity contribution in [2.45, 2.75) is 72.9 Å². The highest BCUT2D eigenvalue weighted by molar-refractivity contribution is 6.42. The Balaban J connectivity index is 0.00000205. The second-order valence-electron chi connectivity index (χ2n) is 11.4. The zero-order valence-electron chi connectivity index (χ0n) is 24.3. The van der Waals surface area contributed by atoms with Gasteiger partial charge in [0.2, 0.25) is 11.8 Å². The molecule has 1 aromatic carbocycles. The van der Waals surface area contributed by atoms with Gasteiger partial charge in [-0.25, -0.2) is 0 Å². The Bertz CT molecular complexity index is 1100. The van der Waals surface area contributed by atoms with Crippen LogP contribution < -0.4 is 0 Å². The molecule has 4 rings (SSSR count). The highest BCUT2D eigenvalue weighted by atomic mass is 35.5. The normalized spacial score (nSPS) is 19.7. The summed E-state index contributed by atoms with van der Waals surface area (Å²) < 4.78 is 0. The first-order valence-corrected chi connectivity index (χ1v) is 14.9. The molecular formula is C31H44Cl2N4O2. The third-order valence-electron chi connectivity index (χ3n) is 7.85. The number of hydrogen-bond donors (Lipinski definition) is 0. The zero-order chi connectivity index (χ0) is 28.7. The highest BCUT2D eigenvalue weighted by Crippen LogP contribution is 2.37. The number of likely N-dealkylation sites (tertiary alicyclic amines) is 1. The van der Waals surface area contributed by atoms with Gasteiger partial charge in [0.05, 0.1) is 21.8 Å². The molecule has 3 heterocycles. The Hall–Kier alpha value is -2.15. The maximum atomic E-state index is 13.6. The molecule has 8 heteroatoms. The average molecular weight is 576 g/mol. The molecule has 2 unspecified atom stereocenters. The molecule has 6 nitrogen and oxygen atoms in total. The number of aromatic nitrogens is 1. The molecular weight excluding hydrogens is 531 g/mol. The topological polar surface area (TPSA) is 56.8 Å². The van der Waals surface area contributed by atoms with Crippen molar-refractivity contribution < 1.29 is 9.59 Å². The predicted molar refractivity (Wildman–Crippen MR) is 160 cm³/mol. The number of nitrogens with zero attached hydrogens (tertiary/aromatic N) is 4. The van der Waals surface area contributed by atoms with Crippen molar-refractivity contribution in [3.8, 4) is 0 Å². The van der Waals surface area contributed by atoms with E-state index in [1.807, 2.05) is 61.3 Å². The number of benzene rings is 1. The molecule has 0 radical (unpaired) electrons. The number of hydrogen-bond acceptors (Lipinski definition) is 4. The van der Waals surface area contributed by atoms with Crippen molar-refractivity contribution in [3.63, 3.8) is 0 Å². The van der Waals surface area contributed by atoms with E-state index >= 15 is 0 Å². The van der Waals surface area contributed by atoms with Gasteiger partial charge >= 0.3 is 0 Å². The SMILES string of the molecule is CC.CC(=O)N1CCC(CC(=O)N2CCN(C(c3ccc(Cl)c(Cl)c3)c3ccccn3)CC2C(C)(C)C)CC1. The van der Waals surface area contributed by atoms with E-state index < -0.39 is 0 Å². The molecule has 0 spiro atoms. The monoisotopic (exact) mass is 574 g/mol. The van der Waals surface area contributed by atoms with Crippen molar-refractivity contribution >= 4 is 35.0 Å². The lowest BCUT2D eigenvalue weighted by molar-refractivity contribution is -0.141. The largest absolute Gasteiger partial charge is 0.343 e. The molecule has 39 heavy (non-hydrogen) atoms. The second kappa shape index (κ2) is 14.0. The van der Waals surface area contributed by atoms with Crippen LogP contribution in [0.3, 0.4) is 0 Å². The van der Waals surface area contributed by atoms with E-state index in [0.29, 0.717) is 28.9 Å². The molecule has 1 aromatic heterocycles. The van der Waals surface area contributed by atoms with Crippen LogP contribution in [0.25, 0.3) is 0 Å². The van der Waals surface area contributed by atoms with Gasteiger partial charge in [0.25, 0.3) is 0 Å². The molecule has 0 aliphatic carbocycles. The van der Waals surface area contributed by atoms with Crippen LogP contribution in [0.15, 0.2) is 42.6 Å². The van der Waals surface area contributed by atoms with E-state index in [2.05, 4.69) is 30.6 Å². The summed E-state index contributed by atoms with van der Waals surface area (Å²) in [4.78, 5) is 36.4. The molecule has 0 N–H and O–H groups in total. The standard InChI is InChI=1S/C29H38Cl2N4O2.C2H6/c1-20(36)33-13-10-21(11-14-33)17-27(37)35-16-15-34(19-26(35)29(2,3)4)28(25-7-5-6-12-32-25)22-8-9-23(30)24(31)18-22;1-2/h5-9,12,18,21,26,28H,10-11,13-17,19H2,1-4H3;1-2H3. The van der Waals surface area contributed by atoms with Gasteiger partial charge in [-0.05, 0) is 54.0 Å². The van der Waals surface area contributed by atoms with E-state index in [0.717, 1.165) is 50.3 Å². The van der Waals surface area contributed by atoms with Gasteiger partial charge in [-0.15, -0.1) is 0 Å². The Morgan fingerprint density at radius 1 is 1.00 bits per heavy atom. The minimum absolute atomic E-state index is 0.0556. The summed E-state index contributed by atoms with van der Waals surface area (Å²) in [5.74, 6) is 0.683.